The summed E-state index contributed by atoms with van der Waals surface area (Å²) in [7, 11) is 0. The summed E-state index contributed by atoms with van der Waals surface area (Å²) < 4.78 is 6.17. The predicted octanol–water partition coefficient (Wildman–Crippen LogP) is 1.41. The van der Waals surface area contributed by atoms with Crippen LogP contribution in [0.3, 0.4) is 0 Å². The lowest BCUT2D eigenvalue weighted by molar-refractivity contribution is -0.0619. The number of nitrogens with zero attached hydrogens (tertiary/aromatic N) is 3. The van der Waals surface area contributed by atoms with Crippen LogP contribution in [0.2, 0.25) is 0 Å². The Balaban J connectivity index is 1.31. The summed E-state index contributed by atoms with van der Waals surface area (Å²) >= 11 is 0. The van der Waals surface area contributed by atoms with Gasteiger partial charge in [0.1, 0.15) is 0 Å². The topological polar surface area (TPSA) is 19.0 Å². The number of hydrogen-bond acceptors (Lipinski definition) is 4. The van der Waals surface area contributed by atoms with E-state index in [9.17, 15) is 0 Å². The Hall–Kier alpha value is -0.160. The molecule has 120 valence electrons. The van der Waals surface area contributed by atoms with Crippen molar-refractivity contribution in [3.05, 3.63) is 0 Å². The Bertz CT molecular complexity index is 351. The lowest BCUT2D eigenvalue weighted by Gasteiger charge is -2.39. The summed E-state index contributed by atoms with van der Waals surface area (Å²) in [4.78, 5) is 8.14. The molecule has 0 aromatic rings. The van der Waals surface area contributed by atoms with E-state index in [1.54, 1.807) is 0 Å². The first-order valence-corrected chi connectivity index (χ1v) is 9.20. The van der Waals surface area contributed by atoms with Gasteiger partial charge in [0.25, 0.3) is 0 Å². The minimum absolute atomic E-state index is 0.453. The van der Waals surface area contributed by atoms with Crippen LogP contribution in [0.15, 0.2) is 0 Å². The highest BCUT2D eigenvalue weighted by molar-refractivity contribution is 4.88. The van der Waals surface area contributed by atoms with Gasteiger partial charge in [-0.15, -0.1) is 0 Å². The van der Waals surface area contributed by atoms with Gasteiger partial charge in [-0.3, -0.25) is 14.7 Å². The quantitative estimate of drug-likeness (QED) is 0.766. The summed E-state index contributed by atoms with van der Waals surface area (Å²) in [5, 5.41) is 0. The third-order valence-electron chi connectivity index (χ3n) is 6.06. The summed E-state index contributed by atoms with van der Waals surface area (Å²) in [6.07, 6.45) is 8.79. The molecule has 4 heteroatoms. The van der Waals surface area contributed by atoms with Crippen molar-refractivity contribution >= 4 is 0 Å². The fraction of sp³-hybridized carbons (Fsp3) is 1.00. The molecule has 4 saturated heterocycles. The number of piperidine rings is 1. The Kier molecular flexibility index (Phi) is 4.49. The lowest BCUT2D eigenvalue weighted by Crippen LogP contribution is -2.51. The van der Waals surface area contributed by atoms with Crippen LogP contribution in [0.4, 0.5) is 0 Å². The van der Waals surface area contributed by atoms with E-state index in [2.05, 4.69) is 14.7 Å². The minimum Gasteiger partial charge on any atom is -0.374 e. The summed E-state index contributed by atoms with van der Waals surface area (Å²) in [6.45, 7) is 9.84. The van der Waals surface area contributed by atoms with Crippen molar-refractivity contribution < 1.29 is 4.74 Å². The molecular formula is C17H31N3O. The highest BCUT2D eigenvalue weighted by Crippen LogP contribution is 2.24. The highest BCUT2D eigenvalue weighted by atomic mass is 16.5. The molecule has 4 fully saturated rings. The van der Waals surface area contributed by atoms with E-state index in [4.69, 9.17) is 4.74 Å². The second-order valence-electron chi connectivity index (χ2n) is 7.55. The molecule has 0 aliphatic carbocycles. The molecule has 3 atom stereocenters. The highest BCUT2D eigenvalue weighted by Gasteiger charge is 2.34. The first-order chi connectivity index (χ1) is 10.4. The SMILES string of the molecule is C1CCN2CCCN(CC3CN4CCCC4CO3)CC2C1. The zero-order valence-electron chi connectivity index (χ0n) is 13.4. The number of rotatable bonds is 2. The number of morpholine rings is 1. The van der Waals surface area contributed by atoms with E-state index in [-0.39, 0.29) is 0 Å². The molecule has 0 saturated carbocycles. The van der Waals surface area contributed by atoms with Crippen LogP contribution < -0.4 is 0 Å². The molecule has 0 bridgehead atoms. The van der Waals surface area contributed by atoms with Gasteiger partial charge in [0, 0.05) is 31.7 Å². The summed E-state index contributed by atoms with van der Waals surface area (Å²) in [5.41, 5.74) is 0. The van der Waals surface area contributed by atoms with Crippen LogP contribution in [0.5, 0.6) is 0 Å². The zero-order chi connectivity index (χ0) is 14.1. The van der Waals surface area contributed by atoms with Crippen LogP contribution >= 0.6 is 0 Å². The minimum atomic E-state index is 0.453. The zero-order valence-corrected chi connectivity index (χ0v) is 13.4. The fourth-order valence-electron chi connectivity index (χ4n) is 4.90. The van der Waals surface area contributed by atoms with Crippen LogP contribution in [0.25, 0.3) is 0 Å². The number of ether oxygens (including phenoxy) is 1. The van der Waals surface area contributed by atoms with Gasteiger partial charge in [0.2, 0.25) is 0 Å². The average Bonchev–Trinajstić information content (AvgIpc) is 2.87. The van der Waals surface area contributed by atoms with E-state index >= 15 is 0 Å². The molecule has 0 spiro atoms. The van der Waals surface area contributed by atoms with Gasteiger partial charge in [0.15, 0.2) is 0 Å². The Labute approximate surface area is 129 Å². The molecule has 4 nitrogen and oxygen atoms in total. The molecule has 4 heterocycles. The van der Waals surface area contributed by atoms with E-state index < -0.39 is 0 Å². The Morgan fingerprint density at radius 1 is 0.762 bits per heavy atom. The maximum atomic E-state index is 6.17. The molecule has 3 unspecified atom stereocenters. The van der Waals surface area contributed by atoms with Crippen LogP contribution in [-0.4, -0.2) is 85.3 Å². The van der Waals surface area contributed by atoms with Crippen molar-refractivity contribution in [2.24, 2.45) is 0 Å². The van der Waals surface area contributed by atoms with Gasteiger partial charge in [0.05, 0.1) is 12.7 Å². The fourth-order valence-corrected chi connectivity index (χ4v) is 4.90. The van der Waals surface area contributed by atoms with Crippen molar-refractivity contribution in [1.82, 2.24) is 14.7 Å². The first-order valence-electron chi connectivity index (χ1n) is 9.20. The molecule has 0 aromatic heterocycles. The average molecular weight is 293 g/mol. The van der Waals surface area contributed by atoms with Gasteiger partial charge < -0.3 is 4.74 Å². The van der Waals surface area contributed by atoms with Crippen molar-refractivity contribution in [2.75, 3.05) is 52.4 Å². The third kappa shape index (κ3) is 3.29. The lowest BCUT2D eigenvalue weighted by atomic mass is 10.0. The molecular weight excluding hydrogens is 262 g/mol. The predicted molar refractivity (Wildman–Crippen MR) is 84.6 cm³/mol. The first kappa shape index (κ1) is 14.4. The molecule has 0 radical (unpaired) electrons. The monoisotopic (exact) mass is 293 g/mol. The molecule has 4 rings (SSSR count). The van der Waals surface area contributed by atoms with E-state index in [1.165, 1.54) is 77.8 Å². The van der Waals surface area contributed by atoms with Gasteiger partial charge in [-0.1, -0.05) is 6.42 Å². The van der Waals surface area contributed by atoms with E-state index in [1.807, 2.05) is 0 Å². The standard InChI is InChI=1S/C17H31N3O/c1-2-8-19-10-4-7-18(11-15(19)5-1)12-17-13-20-9-3-6-16(20)14-21-17/h15-17H,1-14H2. The number of fused-ring (bicyclic) bond motifs is 2. The van der Waals surface area contributed by atoms with Crippen molar-refractivity contribution in [1.29, 1.82) is 0 Å². The molecule has 21 heavy (non-hydrogen) atoms. The van der Waals surface area contributed by atoms with Crippen molar-refractivity contribution in [3.8, 4) is 0 Å². The van der Waals surface area contributed by atoms with E-state index in [0.29, 0.717) is 6.10 Å². The van der Waals surface area contributed by atoms with Gasteiger partial charge in [-0.25, -0.2) is 0 Å². The van der Waals surface area contributed by atoms with Crippen molar-refractivity contribution in [3.63, 3.8) is 0 Å². The van der Waals surface area contributed by atoms with Gasteiger partial charge >= 0.3 is 0 Å². The van der Waals surface area contributed by atoms with Crippen LogP contribution in [-0.2, 0) is 4.74 Å². The van der Waals surface area contributed by atoms with Crippen LogP contribution in [0.1, 0.15) is 38.5 Å². The summed E-state index contributed by atoms with van der Waals surface area (Å²) in [5.74, 6) is 0. The molecule has 4 aliphatic heterocycles. The molecule has 4 aliphatic rings. The maximum Gasteiger partial charge on any atom is 0.0829 e. The maximum absolute atomic E-state index is 6.17. The normalized spacial score (nSPS) is 39.7. The summed E-state index contributed by atoms with van der Waals surface area (Å²) in [6, 6.07) is 1.56. The largest absolute Gasteiger partial charge is 0.374 e. The molecule has 0 amide bonds. The molecule has 0 N–H and O–H groups in total. The van der Waals surface area contributed by atoms with Gasteiger partial charge in [-0.05, 0) is 58.3 Å². The second kappa shape index (κ2) is 6.53. The van der Waals surface area contributed by atoms with Crippen molar-refractivity contribution in [2.45, 2.75) is 56.7 Å². The Morgan fingerprint density at radius 2 is 1.62 bits per heavy atom. The van der Waals surface area contributed by atoms with E-state index in [0.717, 1.165) is 25.2 Å². The van der Waals surface area contributed by atoms with Gasteiger partial charge in [-0.2, -0.15) is 0 Å². The molecule has 0 aromatic carbocycles. The second-order valence-corrected chi connectivity index (χ2v) is 7.55. The van der Waals surface area contributed by atoms with Crippen LogP contribution in [0, 0.1) is 0 Å². The smallest absolute Gasteiger partial charge is 0.0829 e. The Morgan fingerprint density at radius 3 is 2.62 bits per heavy atom. The number of hydrogen-bond donors (Lipinski definition) is 0. The third-order valence-corrected chi connectivity index (χ3v) is 6.06.